The van der Waals surface area contributed by atoms with Gasteiger partial charge in [0.25, 0.3) is 11.5 Å². The fourth-order valence-electron chi connectivity index (χ4n) is 5.36. The zero-order valence-corrected chi connectivity index (χ0v) is 21.2. The molecule has 0 radical (unpaired) electrons. The van der Waals surface area contributed by atoms with E-state index in [2.05, 4.69) is 15.4 Å². The minimum absolute atomic E-state index is 0.0414. The van der Waals surface area contributed by atoms with Crippen LogP contribution in [0.2, 0.25) is 0 Å². The van der Waals surface area contributed by atoms with Gasteiger partial charge in [0.2, 0.25) is 0 Å². The number of anilines is 2. The number of halogens is 5. The van der Waals surface area contributed by atoms with E-state index in [1.807, 2.05) is 4.90 Å². The van der Waals surface area contributed by atoms with Crippen LogP contribution < -0.4 is 15.8 Å². The highest BCUT2D eigenvalue weighted by atomic mass is 19.4. The Morgan fingerprint density at radius 1 is 0.975 bits per heavy atom. The Labute approximate surface area is 224 Å². The normalized spacial score (nSPS) is 16.5. The van der Waals surface area contributed by atoms with Crippen molar-refractivity contribution in [2.75, 3.05) is 23.3 Å². The van der Waals surface area contributed by atoms with Gasteiger partial charge in [-0.3, -0.25) is 9.59 Å². The molecule has 0 bridgehead atoms. The molecule has 40 heavy (non-hydrogen) atoms. The van der Waals surface area contributed by atoms with E-state index in [0.29, 0.717) is 34.5 Å². The number of para-hydroxylation sites is 1. The highest BCUT2D eigenvalue weighted by Gasteiger charge is 2.66. The lowest BCUT2D eigenvalue weighted by Crippen LogP contribution is -2.31. The standard InChI is InChI=1S/C27H23F5N6O2/c1-36-19-9-7-17(23(37-13-2-3-14-37)21(19)34-25(36)26(11-12-26)27(30,31)32)33-24(40)18-8-10-20(39)38(35-18)22-15(28)5-4-6-16(22)29/h4-10H,2-3,11-14H2,1H3,(H,33,40). The van der Waals surface area contributed by atoms with Crippen molar-refractivity contribution in [2.45, 2.75) is 37.3 Å². The van der Waals surface area contributed by atoms with E-state index in [1.165, 1.54) is 4.57 Å². The number of amides is 1. The molecule has 1 amide bonds. The van der Waals surface area contributed by atoms with Crippen LogP contribution in [0.4, 0.5) is 33.3 Å². The summed E-state index contributed by atoms with van der Waals surface area (Å²) in [5.41, 5.74) is -2.27. The summed E-state index contributed by atoms with van der Waals surface area (Å²) in [4.78, 5) is 32.1. The molecule has 8 nitrogen and oxygen atoms in total. The van der Waals surface area contributed by atoms with Gasteiger partial charge in [0.1, 0.15) is 28.1 Å². The molecular formula is C27H23F5N6O2. The summed E-state index contributed by atoms with van der Waals surface area (Å²) in [6, 6.07) is 8.32. The molecule has 0 unspecified atom stereocenters. The smallest absolute Gasteiger partial charge is 0.368 e. The largest absolute Gasteiger partial charge is 0.401 e. The summed E-state index contributed by atoms with van der Waals surface area (Å²) < 4.78 is 72.5. The van der Waals surface area contributed by atoms with Gasteiger partial charge in [0, 0.05) is 26.2 Å². The number of aryl methyl sites for hydroxylation is 1. The van der Waals surface area contributed by atoms with Crippen LogP contribution in [0.3, 0.4) is 0 Å². The van der Waals surface area contributed by atoms with Gasteiger partial charge in [-0.25, -0.2) is 13.8 Å². The minimum atomic E-state index is -4.44. The highest BCUT2D eigenvalue weighted by Crippen LogP contribution is 2.59. The van der Waals surface area contributed by atoms with Gasteiger partial charge in [-0.05, 0) is 56.0 Å². The number of hydrogen-bond acceptors (Lipinski definition) is 5. The first kappa shape index (κ1) is 26.0. The van der Waals surface area contributed by atoms with Crippen molar-refractivity contribution in [3.8, 4) is 5.69 Å². The highest BCUT2D eigenvalue weighted by molar-refractivity contribution is 6.08. The SMILES string of the molecule is Cn1c(C2(C(F)(F)F)CC2)nc2c(N3CCCC3)c(NC(=O)c3ccc(=O)n(-c4c(F)cccc4F)n3)ccc21. The van der Waals surface area contributed by atoms with Gasteiger partial charge in [-0.2, -0.15) is 23.0 Å². The average Bonchev–Trinajstić information content (AvgIpc) is 3.42. The molecule has 6 rings (SSSR count). The van der Waals surface area contributed by atoms with E-state index in [4.69, 9.17) is 0 Å². The number of carbonyl (C=O) groups is 1. The number of hydrogen-bond donors (Lipinski definition) is 1. The molecule has 2 fully saturated rings. The third kappa shape index (κ3) is 4.02. The number of fused-ring (bicyclic) bond motifs is 1. The summed E-state index contributed by atoms with van der Waals surface area (Å²) in [6.07, 6.45) is -2.81. The first-order chi connectivity index (χ1) is 19.0. The lowest BCUT2D eigenvalue weighted by atomic mass is 10.1. The number of benzene rings is 2. The fourth-order valence-corrected chi connectivity index (χ4v) is 5.36. The first-order valence-corrected chi connectivity index (χ1v) is 12.7. The number of aromatic nitrogens is 4. The average molecular weight is 559 g/mol. The second-order valence-electron chi connectivity index (χ2n) is 10.1. The van der Waals surface area contributed by atoms with Crippen LogP contribution in [0.15, 0.2) is 47.3 Å². The van der Waals surface area contributed by atoms with Crippen molar-refractivity contribution in [1.82, 2.24) is 19.3 Å². The maximum atomic E-state index is 14.3. The molecule has 4 aromatic rings. The zero-order chi connectivity index (χ0) is 28.4. The predicted molar refractivity (Wildman–Crippen MR) is 137 cm³/mol. The van der Waals surface area contributed by atoms with E-state index in [1.54, 1.807) is 19.2 Å². The monoisotopic (exact) mass is 558 g/mol. The molecule has 0 atom stereocenters. The van der Waals surface area contributed by atoms with Crippen LogP contribution in [-0.2, 0) is 12.5 Å². The van der Waals surface area contributed by atoms with Crippen molar-refractivity contribution in [2.24, 2.45) is 7.05 Å². The Bertz CT molecular complexity index is 1700. The number of carbonyl (C=O) groups excluding carboxylic acids is 1. The Morgan fingerprint density at radius 3 is 2.27 bits per heavy atom. The van der Waals surface area contributed by atoms with E-state index in [0.717, 1.165) is 43.2 Å². The van der Waals surface area contributed by atoms with Gasteiger partial charge in [-0.15, -0.1) is 0 Å². The van der Waals surface area contributed by atoms with Gasteiger partial charge in [0.15, 0.2) is 11.6 Å². The molecule has 13 heteroatoms. The molecule has 1 saturated heterocycles. The molecule has 2 aromatic heterocycles. The molecule has 2 aliphatic rings. The molecule has 208 valence electrons. The Kier molecular flexibility index (Phi) is 5.93. The van der Waals surface area contributed by atoms with Gasteiger partial charge in [-0.1, -0.05) is 6.07 Å². The van der Waals surface area contributed by atoms with Gasteiger partial charge < -0.3 is 14.8 Å². The molecule has 2 aromatic carbocycles. The maximum absolute atomic E-state index is 14.3. The third-order valence-corrected chi connectivity index (χ3v) is 7.60. The maximum Gasteiger partial charge on any atom is 0.401 e. The fraction of sp³-hybridized carbons (Fsp3) is 0.333. The lowest BCUT2D eigenvalue weighted by Gasteiger charge is -2.22. The lowest BCUT2D eigenvalue weighted by molar-refractivity contribution is -0.162. The molecular weight excluding hydrogens is 535 g/mol. The van der Waals surface area contributed by atoms with E-state index < -0.39 is 40.4 Å². The number of nitrogens with one attached hydrogen (secondary N) is 1. The summed E-state index contributed by atoms with van der Waals surface area (Å²) in [6.45, 7) is 1.24. The Hall–Kier alpha value is -4.29. The summed E-state index contributed by atoms with van der Waals surface area (Å²) in [7, 11) is 1.55. The molecule has 1 aliphatic heterocycles. The van der Waals surface area contributed by atoms with E-state index in [9.17, 15) is 31.5 Å². The summed E-state index contributed by atoms with van der Waals surface area (Å²) in [5.74, 6) is -2.92. The van der Waals surface area contributed by atoms with Crippen LogP contribution in [0, 0.1) is 11.6 Å². The predicted octanol–water partition coefficient (Wildman–Crippen LogP) is 4.84. The van der Waals surface area contributed by atoms with E-state index >= 15 is 0 Å². The quantitative estimate of drug-likeness (QED) is 0.355. The van der Waals surface area contributed by atoms with Crippen LogP contribution in [-0.4, -0.2) is 44.5 Å². The number of nitrogens with zero attached hydrogens (tertiary/aromatic N) is 5. The molecule has 3 heterocycles. The molecule has 1 saturated carbocycles. The Morgan fingerprint density at radius 2 is 1.65 bits per heavy atom. The number of imidazole rings is 1. The molecule has 1 N–H and O–H groups in total. The Balaban J connectivity index is 1.43. The second-order valence-corrected chi connectivity index (χ2v) is 10.1. The van der Waals surface area contributed by atoms with Crippen molar-refractivity contribution < 1.29 is 26.7 Å². The molecule has 1 aliphatic carbocycles. The summed E-state index contributed by atoms with van der Waals surface area (Å²) in [5, 5.41) is 6.61. The topological polar surface area (TPSA) is 85.0 Å². The van der Waals surface area contributed by atoms with Crippen molar-refractivity contribution >= 4 is 28.3 Å². The number of rotatable bonds is 5. The van der Waals surface area contributed by atoms with Gasteiger partial charge >= 0.3 is 6.18 Å². The van der Waals surface area contributed by atoms with Gasteiger partial charge in [0.05, 0.1) is 16.9 Å². The second kappa shape index (κ2) is 9.14. The van der Waals surface area contributed by atoms with Crippen molar-refractivity contribution in [3.05, 3.63) is 76.0 Å². The zero-order valence-electron chi connectivity index (χ0n) is 21.2. The van der Waals surface area contributed by atoms with Crippen molar-refractivity contribution in [1.29, 1.82) is 0 Å². The number of alkyl halides is 3. The van der Waals surface area contributed by atoms with E-state index in [-0.39, 0.29) is 30.0 Å². The summed E-state index contributed by atoms with van der Waals surface area (Å²) >= 11 is 0. The minimum Gasteiger partial charge on any atom is -0.368 e. The van der Waals surface area contributed by atoms with Crippen molar-refractivity contribution in [3.63, 3.8) is 0 Å². The third-order valence-electron chi connectivity index (χ3n) is 7.60. The van der Waals surface area contributed by atoms with Crippen LogP contribution in [0.1, 0.15) is 42.0 Å². The van der Waals surface area contributed by atoms with Crippen LogP contribution >= 0.6 is 0 Å². The molecule has 0 spiro atoms. The first-order valence-electron chi connectivity index (χ1n) is 12.7. The van der Waals surface area contributed by atoms with Crippen LogP contribution in [0.5, 0.6) is 0 Å². The van der Waals surface area contributed by atoms with Crippen LogP contribution in [0.25, 0.3) is 16.7 Å².